The third kappa shape index (κ3) is 2.93. The number of rotatable bonds is 2. The lowest BCUT2D eigenvalue weighted by molar-refractivity contribution is 0.362. The van der Waals surface area contributed by atoms with Gasteiger partial charge in [0.15, 0.2) is 0 Å². The maximum absolute atomic E-state index is 6.23. The van der Waals surface area contributed by atoms with E-state index in [0.29, 0.717) is 11.2 Å². The molecule has 2 aliphatic heterocycles. The van der Waals surface area contributed by atoms with Crippen LogP contribution in [0.4, 0.5) is 0 Å². The third-order valence-electron chi connectivity index (χ3n) is 4.66. The molecule has 0 radical (unpaired) electrons. The van der Waals surface area contributed by atoms with Crippen LogP contribution in [0.3, 0.4) is 0 Å². The van der Waals surface area contributed by atoms with Gasteiger partial charge in [0.1, 0.15) is 17.2 Å². The van der Waals surface area contributed by atoms with Gasteiger partial charge in [0.05, 0.1) is 12.0 Å². The number of ether oxygens (including phenoxy) is 2. The van der Waals surface area contributed by atoms with Gasteiger partial charge < -0.3 is 14.8 Å². The lowest BCUT2D eigenvalue weighted by atomic mass is 9.90. The first kappa shape index (κ1) is 14.9. The molecule has 0 saturated carbocycles. The SMILES string of the molecule is COc1ccc2c(c1)C(C1CCNCC1)Sc1ccccc1O2. The van der Waals surface area contributed by atoms with Gasteiger partial charge in [-0.1, -0.05) is 12.1 Å². The Morgan fingerprint density at radius 3 is 2.74 bits per heavy atom. The van der Waals surface area contributed by atoms with Crippen LogP contribution in [0.1, 0.15) is 23.7 Å². The summed E-state index contributed by atoms with van der Waals surface area (Å²) >= 11 is 1.94. The Balaban J connectivity index is 1.79. The molecule has 2 heterocycles. The normalized spacial score (nSPS) is 20.8. The van der Waals surface area contributed by atoms with Crippen molar-refractivity contribution in [3.8, 4) is 17.2 Å². The van der Waals surface area contributed by atoms with Crippen molar-refractivity contribution in [3.05, 3.63) is 48.0 Å². The van der Waals surface area contributed by atoms with Gasteiger partial charge in [-0.2, -0.15) is 0 Å². The van der Waals surface area contributed by atoms with E-state index in [0.717, 1.165) is 30.3 Å². The van der Waals surface area contributed by atoms with Crippen molar-refractivity contribution in [1.82, 2.24) is 5.32 Å². The zero-order valence-corrected chi connectivity index (χ0v) is 14.1. The summed E-state index contributed by atoms with van der Waals surface area (Å²) in [5, 5.41) is 3.88. The molecule has 1 N–H and O–H groups in total. The predicted octanol–water partition coefficient (Wildman–Crippen LogP) is 4.63. The summed E-state index contributed by atoms with van der Waals surface area (Å²) in [6.45, 7) is 2.20. The first-order valence-electron chi connectivity index (χ1n) is 8.17. The number of thioether (sulfide) groups is 1. The molecule has 0 amide bonds. The van der Waals surface area contributed by atoms with Crippen LogP contribution in [0.25, 0.3) is 0 Å². The molecular formula is C19H21NO2S. The highest BCUT2D eigenvalue weighted by Crippen LogP contribution is 2.53. The van der Waals surface area contributed by atoms with E-state index in [-0.39, 0.29) is 0 Å². The van der Waals surface area contributed by atoms with Crippen molar-refractivity contribution >= 4 is 11.8 Å². The Morgan fingerprint density at radius 1 is 1.09 bits per heavy atom. The summed E-state index contributed by atoms with van der Waals surface area (Å²) in [5.74, 6) is 3.48. The lowest BCUT2D eigenvalue weighted by Gasteiger charge is -2.30. The van der Waals surface area contributed by atoms with Gasteiger partial charge >= 0.3 is 0 Å². The van der Waals surface area contributed by atoms with Gasteiger partial charge in [0, 0.05) is 10.8 Å². The molecule has 0 aliphatic carbocycles. The molecule has 2 aromatic carbocycles. The van der Waals surface area contributed by atoms with Gasteiger partial charge in [0.25, 0.3) is 0 Å². The molecule has 4 heteroatoms. The second kappa shape index (κ2) is 6.46. The number of hydrogen-bond acceptors (Lipinski definition) is 4. The Bertz CT molecular complexity index is 698. The van der Waals surface area contributed by atoms with Gasteiger partial charge in [0.2, 0.25) is 0 Å². The minimum Gasteiger partial charge on any atom is -0.497 e. The minimum absolute atomic E-state index is 0.408. The van der Waals surface area contributed by atoms with Crippen LogP contribution < -0.4 is 14.8 Å². The van der Waals surface area contributed by atoms with Gasteiger partial charge in [-0.15, -0.1) is 11.8 Å². The van der Waals surface area contributed by atoms with Crippen molar-refractivity contribution in [1.29, 1.82) is 0 Å². The van der Waals surface area contributed by atoms with Gasteiger partial charge in [-0.25, -0.2) is 0 Å². The van der Waals surface area contributed by atoms with Crippen LogP contribution in [0.5, 0.6) is 17.2 Å². The molecule has 2 aliphatic rings. The quantitative estimate of drug-likeness (QED) is 0.871. The van der Waals surface area contributed by atoms with Crippen molar-refractivity contribution in [2.45, 2.75) is 23.0 Å². The van der Waals surface area contributed by atoms with Gasteiger partial charge in [-0.05, 0) is 62.2 Å². The maximum Gasteiger partial charge on any atom is 0.141 e. The smallest absolute Gasteiger partial charge is 0.141 e. The number of piperidine rings is 1. The maximum atomic E-state index is 6.23. The van der Waals surface area contributed by atoms with E-state index >= 15 is 0 Å². The molecule has 120 valence electrons. The van der Waals surface area contributed by atoms with Crippen LogP contribution in [0.2, 0.25) is 0 Å². The summed E-state index contributed by atoms with van der Waals surface area (Å²) in [4.78, 5) is 1.23. The Labute approximate surface area is 141 Å². The average molecular weight is 327 g/mol. The van der Waals surface area contributed by atoms with E-state index in [1.54, 1.807) is 7.11 Å². The number of fused-ring (bicyclic) bond motifs is 2. The van der Waals surface area contributed by atoms with E-state index < -0.39 is 0 Å². The molecule has 1 saturated heterocycles. The fourth-order valence-corrected chi connectivity index (χ4v) is 4.85. The fraction of sp³-hybridized carbons (Fsp3) is 0.368. The van der Waals surface area contributed by atoms with Crippen LogP contribution in [-0.2, 0) is 0 Å². The number of methoxy groups -OCH3 is 1. The molecule has 3 nitrogen and oxygen atoms in total. The zero-order chi connectivity index (χ0) is 15.6. The average Bonchev–Trinajstić information content (AvgIpc) is 2.78. The monoisotopic (exact) mass is 327 g/mol. The minimum atomic E-state index is 0.408. The van der Waals surface area contributed by atoms with Crippen molar-refractivity contribution in [2.75, 3.05) is 20.2 Å². The lowest BCUT2D eigenvalue weighted by Crippen LogP contribution is -2.30. The summed E-state index contributed by atoms with van der Waals surface area (Å²) < 4.78 is 11.7. The Hall–Kier alpha value is -1.65. The largest absolute Gasteiger partial charge is 0.497 e. The number of nitrogens with one attached hydrogen (secondary N) is 1. The highest BCUT2D eigenvalue weighted by atomic mass is 32.2. The zero-order valence-electron chi connectivity index (χ0n) is 13.2. The van der Waals surface area contributed by atoms with Crippen molar-refractivity contribution < 1.29 is 9.47 Å². The molecule has 0 bridgehead atoms. The van der Waals surface area contributed by atoms with Crippen molar-refractivity contribution in [3.63, 3.8) is 0 Å². The van der Waals surface area contributed by atoms with E-state index in [9.17, 15) is 0 Å². The van der Waals surface area contributed by atoms with E-state index in [1.807, 2.05) is 30.0 Å². The second-order valence-electron chi connectivity index (χ2n) is 6.08. The predicted molar refractivity (Wildman–Crippen MR) is 93.7 cm³/mol. The Kier molecular flexibility index (Phi) is 4.19. The molecule has 1 unspecified atom stereocenters. The number of para-hydroxylation sites is 1. The van der Waals surface area contributed by atoms with Crippen LogP contribution in [0.15, 0.2) is 47.4 Å². The highest BCUT2D eigenvalue weighted by Gasteiger charge is 2.31. The number of benzene rings is 2. The molecule has 2 aromatic rings. The summed E-state index contributed by atoms with van der Waals surface area (Å²) in [6.07, 6.45) is 2.41. The van der Waals surface area contributed by atoms with Crippen molar-refractivity contribution in [2.24, 2.45) is 5.92 Å². The first-order chi connectivity index (χ1) is 11.3. The molecule has 0 aromatic heterocycles. The second-order valence-corrected chi connectivity index (χ2v) is 7.26. The van der Waals surface area contributed by atoms with E-state index in [1.165, 1.54) is 23.3 Å². The Morgan fingerprint density at radius 2 is 1.91 bits per heavy atom. The van der Waals surface area contributed by atoms with Gasteiger partial charge in [-0.3, -0.25) is 0 Å². The van der Waals surface area contributed by atoms with E-state index in [4.69, 9.17) is 9.47 Å². The summed E-state index contributed by atoms with van der Waals surface area (Å²) in [6, 6.07) is 14.5. The molecule has 1 atom stereocenters. The van der Waals surface area contributed by atoms with Crippen LogP contribution >= 0.6 is 11.8 Å². The molecule has 4 rings (SSSR count). The summed E-state index contributed by atoms with van der Waals surface area (Å²) in [7, 11) is 1.72. The fourth-order valence-electron chi connectivity index (χ4n) is 3.42. The molecule has 0 spiro atoms. The first-order valence-corrected chi connectivity index (χ1v) is 9.05. The summed E-state index contributed by atoms with van der Waals surface area (Å²) in [5.41, 5.74) is 1.26. The standard InChI is InChI=1S/C19H21NO2S/c1-21-14-6-7-16-15(12-14)19(13-8-10-20-11-9-13)23-18-5-3-2-4-17(18)22-16/h2-7,12-13,19-20H,8-11H2,1H3. The molecule has 1 fully saturated rings. The topological polar surface area (TPSA) is 30.5 Å². The number of hydrogen-bond donors (Lipinski definition) is 1. The third-order valence-corrected chi connectivity index (χ3v) is 6.14. The van der Waals surface area contributed by atoms with E-state index in [2.05, 4.69) is 29.6 Å². The highest BCUT2D eigenvalue weighted by molar-refractivity contribution is 7.99. The van der Waals surface area contributed by atoms with Crippen LogP contribution in [-0.4, -0.2) is 20.2 Å². The molecule has 23 heavy (non-hydrogen) atoms. The molecular weight excluding hydrogens is 306 g/mol. The van der Waals surface area contributed by atoms with Crippen LogP contribution in [0, 0.1) is 5.92 Å².